The molecule has 1 unspecified atom stereocenters. The third-order valence-electron chi connectivity index (χ3n) is 4.58. The summed E-state index contributed by atoms with van der Waals surface area (Å²) in [5.74, 6) is -0.790. The lowest BCUT2D eigenvalue weighted by Gasteiger charge is -2.34. The van der Waals surface area contributed by atoms with Crippen molar-refractivity contribution in [3.05, 3.63) is 48.0 Å². The fraction of sp³-hybridized carbons (Fsp3) is 0.400. The Morgan fingerprint density at radius 2 is 2.00 bits per heavy atom. The Labute approximate surface area is 153 Å². The quantitative estimate of drug-likeness (QED) is 0.852. The lowest BCUT2D eigenvalue weighted by molar-refractivity contribution is -0.142. The van der Waals surface area contributed by atoms with E-state index in [0.29, 0.717) is 32.7 Å². The SMILES string of the molecule is CN(CC(=O)O)CC1CN(C(=O)Cc2ccc3ccccc3c2)CCO1. The van der Waals surface area contributed by atoms with E-state index in [1.54, 1.807) is 11.9 Å². The molecule has 1 aliphatic rings. The van der Waals surface area contributed by atoms with E-state index in [9.17, 15) is 9.59 Å². The minimum Gasteiger partial charge on any atom is -0.480 e. The average molecular weight is 356 g/mol. The lowest BCUT2D eigenvalue weighted by atomic mass is 10.0. The van der Waals surface area contributed by atoms with Crippen molar-refractivity contribution in [2.75, 3.05) is 39.8 Å². The highest BCUT2D eigenvalue weighted by Crippen LogP contribution is 2.17. The maximum Gasteiger partial charge on any atom is 0.317 e. The van der Waals surface area contributed by atoms with Gasteiger partial charge in [0, 0.05) is 19.6 Å². The van der Waals surface area contributed by atoms with Crippen LogP contribution >= 0.6 is 0 Å². The van der Waals surface area contributed by atoms with Crippen LogP contribution in [-0.2, 0) is 20.7 Å². The molecule has 1 atom stereocenters. The van der Waals surface area contributed by atoms with Gasteiger partial charge < -0.3 is 14.7 Å². The predicted octanol–water partition coefficient (Wildman–Crippen LogP) is 1.63. The third kappa shape index (κ3) is 4.80. The largest absolute Gasteiger partial charge is 0.480 e. The lowest BCUT2D eigenvalue weighted by Crippen LogP contribution is -2.50. The molecule has 1 amide bonds. The molecule has 1 N–H and O–H groups in total. The van der Waals surface area contributed by atoms with Crippen LogP contribution in [0.3, 0.4) is 0 Å². The molecule has 2 aromatic carbocycles. The minimum absolute atomic E-state index is 0.0368. The normalized spacial score (nSPS) is 17.6. The highest BCUT2D eigenvalue weighted by molar-refractivity contribution is 5.85. The molecular formula is C20H24N2O4. The number of likely N-dealkylation sites (N-methyl/N-ethyl adjacent to an activating group) is 1. The summed E-state index contributed by atoms with van der Waals surface area (Å²) >= 11 is 0. The van der Waals surface area contributed by atoms with Crippen molar-refractivity contribution in [1.29, 1.82) is 0 Å². The molecule has 0 bridgehead atoms. The number of carboxylic acid groups (broad SMARTS) is 1. The summed E-state index contributed by atoms with van der Waals surface area (Å²) in [7, 11) is 1.74. The van der Waals surface area contributed by atoms with Gasteiger partial charge in [-0.15, -0.1) is 0 Å². The summed E-state index contributed by atoms with van der Waals surface area (Å²) in [6, 6.07) is 14.2. The number of benzene rings is 2. The smallest absolute Gasteiger partial charge is 0.317 e. The Morgan fingerprint density at radius 3 is 2.77 bits per heavy atom. The Morgan fingerprint density at radius 1 is 1.23 bits per heavy atom. The van der Waals surface area contributed by atoms with Gasteiger partial charge in [0.15, 0.2) is 0 Å². The van der Waals surface area contributed by atoms with Crippen LogP contribution in [0.25, 0.3) is 10.8 Å². The second-order valence-electron chi connectivity index (χ2n) is 6.78. The zero-order chi connectivity index (χ0) is 18.5. The summed E-state index contributed by atoms with van der Waals surface area (Å²) < 4.78 is 5.69. The molecular weight excluding hydrogens is 332 g/mol. The zero-order valence-electron chi connectivity index (χ0n) is 14.9. The molecule has 3 rings (SSSR count). The van der Waals surface area contributed by atoms with Crippen molar-refractivity contribution in [3.8, 4) is 0 Å². The topological polar surface area (TPSA) is 70.1 Å². The number of aliphatic carboxylic acids is 1. The summed E-state index contributed by atoms with van der Waals surface area (Å²) in [6.45, 7) is 2.01. The summed E-state index contributed by atoms with van der Waals surface area (Å²) in [4.78, 5) is 27.0. The van der Waals surface area contributed by atoms with E-state index in [-0.39, 0.29) is 18.6 Å². The van der Waals surface area contributed by atoms with E-state index in [1.807, 2.05) is 35.2 Å². The number of hydrogen-bond acceptors (Lipinski definition) is 4. The van der Waals surface area contributed by atoms with Crippen LogP contribution in [0, 0.1) is 0 Å². The number of amides is 1. The standard InChI is InChI=1S/C20H24N2O4/c1-21(14-20(24)25)12-18-13-22(8-9-26-18)19(23)11-15-6-7-16-4-2-3-5-17(16)10-15/h2-7,10,18H,8-9,11-14H2,1H3,(H,24,25). The van der Waals surface area contributed by atoms with Crippen LogP contribution in [0.4, 0.5) is 0 Å². The molecule has 26 heavy (non-hydrogen) atoms. The number of nitrogens with zero attached hydrogens (tertiary/aromatic N) is 2. The maximum absolute atomic E-state index is 12.7. The van der Waals surface area contributed by atoms with E-state index < -0.39 is 5.97 Å². The van der Waals surface area contributed by atoms with Crippen molar-refractivity contribution in [1.82, 2.24) is 9.80 Å². The van der Waals surface area contributed by atoms with E-state index in [4.69, 9.17) is 9.84 Å². The molecule has 0 spiro atoms. The first kappa shape index (κ1) is 18.4. The number of rotatable bonds is 6. The Balaban J connectivity index is 1.58. The molecule has 6 heteroatoms. The number of fused-ring (bicyclic) bond motifs is 1. The molecule has 1 fully saturated rings. The van der Waals surface area contributed by atoms with Gasteiger partial charge in [-0.1, -0.05) is 42.5 Å². The molecule has 0 aromatic heterocycles. The van der Waals surface area contributed by atoms with Gasteiger partial charge in [0.25, 0.3) is 0 Å². The van der Waals surface area contributed by atoms with Gasteiger partial charge in [0.1, 0.15) is 0 Å². The first-order chi connectivity index (χ1) is 12.5. The number of carbonyl (C=O) groups excluding carboxylic acids is 1. The predicted molar refractivity (Wildman–Crippen MR) is 99.1 cm³/mol. The molecule has 6 nitrogen and oxygen atoms in total. The Hall–Kier alpha value is -2.44. The van der Waals surface area contributed by atoms with E-state index in [2.05, 4.69) is 12.1 Å². The number of morpholine rings is 1. The Bertz CT molecular complexity index is 792. The van der Waals surface area contributed by atoms with Gasteiger partial charge in [-0.25, -0.2) is 0 Å². The molecule has 0 aliphatic carbocycles. The molecule has 0 saturated carbocycles. The van der Waals surface area contributed by atoms with Crippen LogP contribution < -0.4 is 0 Å². The van der Waals surface area contributed by atoms with Gasteiger partial charge >= 0.3 is 5.97 Å². The van der Waals surface area contributed by atoms with Crippen LogP contribution in [0.5, 0.6) is 0 Å². The second-order valence-corrected chi connectivity index (χ2v) is 6.78. The van der Waals surface area contributed by atoms with Crippen LogP contribution in [-0.4, -0.2) is 72.7 Å². The van der Waals surface area contributed by atoms with Crippen molar-refractivity contribution < 1.29 is 19.4 Å². The fourth-order valence-corrected chi connectivity index (χ4v) is 3.33. The molecule has 1 aliphatic heterocycles. The molecule has 138 valence electrons. The fourth-order valence-electron chi connectivity index (χ4n) is 3.33. The molecule has 1 saturated heterocycles. The van der Waals surface area contributed by atoms with Gasteiger partial charge in [-0.2, -0.15) is 0 Å². The number of ether oxygens (including phenoxy) is 1. The van der Waals surface area contributed by atoms with Gasteiger partial charge in [0.2, 0.25) is 5.91 Å². The highest BCUT2D eigenvalue weighted by Gasteiger charge is 2.25. The van der Waals surface area contributed by atoms with Gasteiger partial charge in [-0.05, 0) is 23.4 Å². The first-order valence-electron chi connectivity index (χ1n) is 8.78. The monoisotopic (exact) mass is 356 g/mol. The van der Waals surface area contributed by atoms with Crippen molar-refractivity contribution in [3.63, 3.8) is 0 Å². The van der Waals surface area contributed by atoms with Crippen molar-refractivity contribution in [2.24, 2.45) is 0 Å². The van der Waals surface area contributed by atoms with E-state index in [1.165, 1.54) is 0 Å². The number of carbonyl (C=O) groups is 2. The zero-order valence-corrected chi connectivity index (χ0v) is 14.9. The first-order valence-corrected chi connectivity index (χ1v) is 8.78. The summed E-state index contributed by atoms with van der Waals surface area (Å²) in [5, 5.41) is 11.1. The van der Waals surface area contributed by atoms with Crippen LogP contribution in [0.15, 0.2) is 42.5 Å². The van der Waals surface area contributed by atoms with Crippen LogP contribution in [0.2, 0.25) is 0 Å². The minimum atomic E-state index is -0.868. The average Bonchev–Trinajstić information content (AvgIpc) is 2.61. The van der Waals surface area contributed by atoms with E-state index >= 15 is 0 Å². The number of hydrogen-bond donors (Lipinski definition) is 1. The molecule has 0 radical (unpaired) electrons. The summed E-state index contributed by atoms with van der Waals surface area (Å²) in [5.41, 5.74) is 1.000. The maximum atomic E-state index is 12.7. The highest BCUT2D eigenvalue weighted by atomic mass is 16.5. The number of carboxylic acids is 1. The molecule has 2 aromatic rings. The van der Waals surface area contributed by atoms with Crippen molar-refractivity contribution >= 4 is 22.6 Å². The van der Waals surface area contributed by atoms with Gasteiger partial charge in [0.05, 0.1) is 25.7 Å². The van der Waals surface area contributed by atoms with E-state index in [0.717, 1.165) is 16.3 Å². The summed E-state index contributed by atoms with van der Waals surface area (Å²) in [6.07, 6.45) is 0.205. The van der Waals surface area contributed by atoms with Crippen LogP contribution in [0.1, 0.15) is 5.56 Å². The van der Waals surface area contributed by atoms with Crippen molar-refractivity contribution in [2.45, 2.75) is 12.5 Å². The third-order valence-corrected chi connectivity index (χ3v) is 4.58. The molecule has 1 heterocycles. The van der Waals surface area contributed by atoms with Gasteiger partial charge in [-0.3, -0.25) is 14.5 Å². The second kappa shape index (κ2) is 8.29. The Kier molecular flexibility index (Phi) is 5.85.